The molecule has 2 aromatic carbocycles. The topological polar surface area (TPSA) is 84.5 Å². The highest BCUT2D eigenvalue weighted by molar-refractivity contribution is 6.30. The number of nitrogens with one attached hydrogen (secondary N) is 2. The van der Waals surface area contributed by atoms with Gasteiger partial charge in [0, 0.05) is 28.8 Å². The third-order valence-electron chi connectivity index (χ3n) is 5.93. The van der Waals surface area contributed by atoms with E-state index in [-0.39, 0.29) is 17.7 Å². The molecule has 2 aliphatic rings. The second kappa shape index (κ2) is 9.01. The predicted octanol–water partition coefficient (Wildman–Crippen LogP) is 4.40. The molecule has 3 amide bonds. The summed E-state index contributed by atoms with van der Waals surface area (Å²) in [5.41, 5.74) is 2.46. The summed E-state index contributed by atoms with van der Waals surface area (Å²) in [6, 6.07) is 12.6. The van der Waals surface area contributed by atoms with Gasteiger partial charge in [0.25, 0.3) is 0 Å². The standard InChI is InChI=1S/C25H23ClN2O4/c1-2-25(12-11-23(30)28-24(25)31)18-4-7-20(8-5-18)27-22(29)10-3-16-13-17-14-19(26)6-9-21(17)32-15-16/h3-10,13-14H,2,11-12,15H2,1H3,(H,27,29)(H,28,30,31)/b10-3+. The Morgan fingerprint density at radius 3 is 2.72 bits per heavy atom. The molecule has 6 nitrogen and oxygen atoms in total. The van der Waals surface area contributed by atoms with Crippen LogP contribution in [0.2, 0.25) is 5.02 Å². The monoisotopic (exact) mass is 450 g/mol. The number of imide groups is 1. The van der Waals surface area contributed by atoms with Gasteiger partial charge < -0.3 is 10.1 Å². The fourth-order valence-corrected chi connectivity index (χ4v) is 4.25. The van der Waals surface area contributed by atoms with Crippen molar-refractivity contribution in [1.82, 2.24) is 5.32 Å². The Balaban J connectivity index is 1.42. The summed E-state index contributed by atoms with van der Waals surface area (Å²) in [5.74, 6) is -0.0136. The lowest BCUT2D eigenvalue weighted by atomic mass is 9.72. The van der Waals surface area contributed by atoms with Crippen LogP contribution < -0.4 is 15.4 Å². The Kier molecular flexibility index (Phi) is 6.15. The van der Waals surface area contributed by atoms with Gasteiger partial charge in [-0.1, -0.05) is 36.7 Å². The molecule has 1 atom stereocenters. The number of halogens is 1. The number of benzene rings is 2. The van der Waals surface area contributed by atoms with E-state index in [1.54, 1.807) is 24.3 Å². The maximum atomic E-state index is 12.5. The minimum Gasteiger partial charge on any atom is -0.488 e. The van der Waals surface area contributed by atoms with Crippen molar-refractivity contribution in [2.24, 2.45) is 0 Å². The smallest absolute Gasteiger partial charge is 0.248 e. The van der Waals surface area contributed by atoms with Gasteiger partial charge in [0.05, 0.1) is 5.41 Å². The second-order valence-electron chi connectivity index (χ2n) is 7.90. The Hall–Kier alpha value is -3.38. The van der Waals surface area contributed by atoms with Gasteiger partial charge in [0.2, 0.25) is 17.7 Å². The molecule has 4 rings (SSSR count). The molecule has 2 heterocycles. The van der Waals surface area contributed by atoms with E-state index in [1.165, 1.54) is 6.08 Å². The van der Waals surface area contributed by atoms with E-state index in [0.29, 0.717) is 36.6 Å². The molecule has 0 saturated carbocycles. The lowest BCUT2D eigenvalue weighted by Gasteiger charge is -2.35. The molecule has 7 heteroatoms. The molecular formula is C25H23ClN2O4. The first-order chi connectivity index (χ1) is 15.4. The minimum atomic E-state index is -0.719. The summed E-state index contributed by atoms with van der Waals surface area (Å²) in [6.07, 6.45) is 6.49. The molecule has 2 aliphatic heterocycles. The van der Waals surface area contributed by atoms with E-state index in [9.17, 15) is 14.4 Å². The van der Waals surface area contributed by atoms with Crippen LogP contribution in [0.5, 0.6) is 5.75 Å². The zero-order valence-electron chi connectivity index (χ0n) is 17.6. The van der Waals surface area contributed by atoms with Gasteiger partial charge in [-0.2, -0.15) is 0 Å². The molecule has 32 heavy (non-hydrogen) atoms. The maximum Gasteiger partial charge on any atom is 0.248 e. The van der Waals surface area contributed by atoms with Crippen molar-refractivity contribution in [2.45, 2.75) is 31.6 Å². The molecule has 1 unspecified atom stereocenters. The van der Waals surface area contributed by atoms with Crippen molar-refractivity contribution in [3.05, 3.63) is 76.3 Å². The lowest BCUT2D eigenvalue weighted by molar-refractivity contribution is -0.138. The van der Waals surface area contributed by atoms with Crippen molar-refractivity contribution >= 4 is 41.1 Å². The van der Waals surface area contributed by atoms with Crippen LogP contribution in [0.1, 0.15) is 37.3 Å². The highest BCUT2D eigenvalue weighted by Gasteiger charge is 2.42. The van der Waals surface area contributed by atoms with E-state index < -0.39 is 5.41 Å². The molecule has 2 aromatic rings. The highest BCUT2D eigenvalue weighted by Crippen LogP contribution is 2.36. The van der Waals surface area contributed by atoms with Crippen molar-refractivity contribution in [3.8, 4) is 5.75 Å². The normalized spacial score (nSPS) is 20.2. The van der Waals surface area contributed by atoms with E-state index >= 15 is 0 Å². The van der Waals surface area contributed by atoms with E-state index in [0.717, 1.165) is 22.4 Å². The average molecular weight is 451 g/mol. The summed E-state index contributed by atoms with van der Waals surface area (Å²) >= 11 is 6.03. The molecular weight excluding hydrogens is 428 g/mol. The SMILES string of the molecule is CCC1(c2ccc(NC(=O)/C=C/C3=Cc4cc(Cl)ccc4OC3)cc2)CCC(=O)NC1=O. The Labute approximate surface area is 191 Å². The van der Waals surface area contributed by atoms with Gasteiger partial charge in [-0.05, 0) is 60.4 Å². The molecule has 164 valence electrons. The highest BCUT2D eigenvalue weighted by atomic mass is 35.5. The van der Waals surface area contributed by atoms with Crippen LogP contribution >= 0.6 is 11.6 Å². The summed E-state index contributed by atoms with van der Waals surface area (Å²) in [4.78, 5) is 36.4. The van der Waals surface area contributed by atoms with E-state index in [2.05, 4.69) is 10.6 Å². The number of ether oxygens (including phenoxy) is 1. The first kappa shape index (κ1) is 21.8. The quantitative estimate of drug-likeness (QED) is 0.522. The third kappa shape index (κ3) is 4.46. The van der Waals surface area contributed by atoms with Crippen LogP contribution in [0.3, 0.4) is 0 Å². The molecule has 0 spiro atoms. The van der Waals surface area contributed by atoms with Crippen LogP contribution in [0.4, 0.5) is 5.69 Å². The largest absolute Gasteiger partial charge is 0.488 e. The number of piperidine rings is 1. The van der Waals surface area contributed by atoms with Gasteiger partial charge in [0.15, 0.2) is 0 Å². The summed E-state index contributed by atoms with van der Waals surface area (Å²) in [7, 11) is 0. The van der Waals surface area contributed by atoms with E-state index in [1.807, 2.05) is 37.3 Å². The molecule has 0 bridgehead atoms. The first-order valence-corrected chi connectivity index (χ1v) is 10.8. The van der Waals surface area contributed by atoms with Gasteiger partial charge in [0.1, 0.15) is 12.4 Å². The zero-order valence-corrected chi connectivity index (χ0v) is 18.4. The number of hydrogen-bond donors (Lipinski definition) is 2. The number of carbonyl (C=O) groups is 3. The zero-order chi connectivity index (χ0) is 22.7. The van der Waals surface area contributed by atoms with Crippen LogP contribution in [-0.2, 0) is 19.8 Å². The molecule has 0 radical (unpaired) electrons. The number of fused-ring (bicyclic) bond motifs is 1. The van der Waals surface area contributed by atoms with Gasteiger partial charge >= 0.3 is 0 Å². The Morgan fingerprint density at radius 2 is 2.00 bits per heavy atom. The molecule has 0 aromatic heterocycles. The van der Waals surface area contributed by atoms with Crippen molar-refractivity contribution in [3.63, 3.8) is 0 Å². The predicted molar refractivity (Wildman–Crippen MR) is 123 cm³/mol. The van der Waals surface area contributed by atoms with E-state index in [4.69, 9.17) is 16.3 Å². The summed E-state index contributed by atoms with van der Waals surface area (Å²) in [6.45, 7) is 2.31. The second-order valence-corrected chi connectivity index (χ2v) is 8.34. The molecule has 2 N–H and O–H groups in total. The fourth-order valence-electron chi connectivity index (χ4n) is 4.07. The van der Waals surface area contributed by atoms with Crippen molar-refractivity contribution in [1.29, 1.82) is 0 Å². The first-order valence-electron chi connectivity index (χ1n) is 10.5. The van der Waals surface area contributed by atoms with Crippen molar-refractivity contribution < 1.29 is 19.1 Å². The number of carbonyl (C=O) groups excluding carboxylic acids is 3. The van der Waals surface area contributed by atoms with Crippen LogP contribution in [0.15, 0.2) is 60.2 Å². The number of anilines is 1. The van der Waals surface area contributed by atoms with Crippen LogP contribution in [-0.4, -0.2) is 24.3 Å². The van der Waals surface area contributed by atoms with Crippen molar-refractivity contribution in [2.75, 3.05) is 11.9 Å². The Bertz CT molecular complexity index is 1140. The summed E-state index contributed by atoms with van der Waals surface area (Å²) < 4.78 is 5.68. The fraction of sp³-hybridized carbons (Fsp3) is 0.240. The number of amides is 3. The minimum absolute atomic E-state index is 0.236. The van der Waals surface area contributed by atoms with Gasteiger partial charge in [-0.3, -0.25) is 19.7 Å². The maximum absolute atomic E-state index is 12.5. The van der Waals surface area contributed by atoms with Gasteiger partial charge in [-0.15, -0.1) is 0 Å². The van der Waals surface area contributed by atoms with Gasteiger partial charge in [-0.25, -0.2) is 0 Å². The molecule has 1 saturated heterocycles. The lowest BCUT2D eigenvalue weighted by Crippen LogP contribution is -2.51. The molecule has 1 fully saturated rings. The third-order valence-corrected chi connectivity index (χ3v) is 6.17. The number of hydrogen-bond acceptors (Lipinski definition) is 4. The Morgan fingerprint density at radius 1 is 1.22 bits per heavy atom. The number of rotatable bonds is 5. The molecule has 0 aliphatic carbocycles. The van der Waals surface area contributed by atoms with Crippen LogP contribution in [0.25, 0.3) is 6.08 Å². The summed E-state index contributed by atoms with van der Waals surface area (Å²) in [5, 5.41) is 5.89. The van der Waals surface area contributed by atoms with Crippen LogP contribution in [0, 0.1) is 0 Å². The average Bonchev–Trinajstić information content (AvgIpc) is 2.78.